The summed E-state index contributed by atoms with van der Waals surface area (Å²) in [5, 5.41) is 11.0. The second-order valence-corrected chi connectivity index (χ2v) is 7.06. The van der Waals surface area contributed by atoms with Crippen molar-refractivity contribution in [1.82, 2.24) is 4.90 Å². The minimum absolute atomic E-state index is 0.0268. The van der Waals surface area contributed by atoms with E-state index in [-0.39, 0.29) is 23.6 Å². The molecule has 1 aliphatic heterocycles. The normalized spacial score (nSPS) is 15.7. The highest BCUT2D eigenvalue weighted by molar-refractivity contribution is 6.32. The number of rotatable bonds is 7. The molecule has 1 fully saturated rings. The lowest BCUT2D eigenvalue weighted by atomic mass is 10.1. The van der Waals surface area contributed by atoms with E-state index in [1.807, 2.05) is 0 Å². The smallest absolute Gasteiger partial charge is 0.288 e. The number of halogens is 1. The Hall–Kier alpha value is -3.72. The summed E-state index contributed by atoms with van der Waals surface area (Å²) >= 11 is 5.82. The van der Waals surface area contributed by atoms with Crippen molar-refractivity contribution < 1.29 is 24.0 Å². The molecule has 1 atom stereocenters. The van der Waals surface area contributed by atoms with Crippen molar-refractivity contribution in [1.29, 1.82) is 0 Å². The molecule has 0 radical (unpaired) electrons. The van der Waals surface area contributed by atoms with Gasteiger partial charge in [-0.1, -0.05) is 17.7 Å². The number of hydrogen-bond donors (Lipinski definition) is 0. The van der Waals surface area contributed by atoms with Crippen molar-refractivity contribution in [2.75, 3.05) is 18.6 Å². The number of nitro benzene ring substituents is 1. The van der Waals surface area contributed by atoms with Gasteiger partial charge in [0.1, 0.15) is 16.8 Å². The van der Waals surface area contributed by atoms with Gasteiger partial charge in [0, 0.05) is 18.2 Å². The van der Waals surface area contributed by atoms with Crippen LogP contribution in [0.1, 0.15) is 16.8 Å². The lowest BCUT2D eigenvalue weighted by Gasteiger charge is -2.26. The summed E-state index contributed by atoms with van der Waals surface area (Å²) in [6.07, 6.45) is 1.19. The number of benzene rings is 2. The summed E-state index contributed by atoms with van der Waals surface area (Å²) in [5.41, 5.74) is -0.104. The zero-order valence-corrected chi connectivity index (χ0v) is 17.2. The van der Waals surface area contributed by atoms with Crippen molar-refractivity contribution >= 4 is 40.7 Å². The van der Waals surface area contributed by atoms with Gasteiger partial charge in [-0.2, -0.15) is 0 Å². The fraction of sp³-hybridized carbons (Fsp3) is 0.190. The van der Waals surface area contributed by atoms with Crippen molar-refractivity contribution in [3.63, 3.8) is 0 Å². The summed E-state index contributed by atoms with van der Waals surface area (Å²) in [7, 11) is 1.50. The number of methoxy groups -OCH3 is 1. The number of hydrogen-bond acceptors (Lipinski definition) is 6. The van der Waals surface area contributed by atoms with Gasteiger partial charge in [-0.25, -0.2) is 4.90 Å². The van der Waals surface area contributed by atoms with E-state index >= 15 is 0 Å². The molecule has 0 bridgehead atoms. The Kier molecular flexibility index (Phi) is 6.36. The molecule has 0 aromatic heterocycles. The standard InChI is InChI=1S/C21H18ClN3O6/c1-3-10-23(20(27)13-4-9-16(22)17(11-13)25(29)30)18-12-19(26)24(21(18)28)14-5-7-15(31-2)8-6-14/h3-9,11,18H,1,10,12H2,2H3. The van der Waals surface area contributed by atoms with Gasteiger partial charge in [0.05, 0.1) is 24.1 Å². The highest BCUT2D eigenvalue weighted by Gasteiger charge is 2.44. The topological polar surface area (TPSA) is 110 Å². The Bertz CT molecular complexity index is 1070. The molecular weight excluding hydrogens is 426 g/mol. The van der Waals surface area contributed by atoms with Gasteiger partial charge in [-0.3, -0.25) is 24.5 Å². The average molecular weight is 444 g/mol. The van der Waals surface area contributed by atoms with Crippen molar-refractivity contribution in [2.24, 2.45) is 0 Å². The molecule has 3 amide bonds. The first-order chi connectivity index (χ1) is 14.8. The number of ether oxygens (including phenoxy) is 1. The molecule has 0 spiro atoms. The third kappa shape index (κ3) is 4.26. The Morgan fingerprint density at radius 2 is 2.00 bits per heavy atom. The SMILES string of the molecule is C=CCN(C(=O)c1ccc(Cl)c([N+](=O)[O-])c1)C1CC(=O)N(c2ccc(OC)cc2)C1=O. The Labute approximate surface area is 182 Å². The van der Waals surface area contributed by atoms with Crippen molar-refractivity contribution in [2.45, 2.75) is 12.5 Å². The van der Waals surface area contributed by atoms with Gasteiger partial charge in [-0.15, -0.1) is 6.58 Å². The maximum absolute atomic E-state index is 13.1. The van der Waals surface area contributed by atoms with E-state index in [2.05, 4.69) is 6.58 Å². The molecule has 0 N–H and O–H groups in total. The van der Waals surface area contributed by atoms with Crippen LogP contribution in [0.4, 0.5) is 11.4 Å². The molecule has 9 nitrogen and oxygen atoms in total. The Balaban J connectivity index is 1.92. The number of carbonyl (C=O) groups is 3. The molecule has 1 heterocycles. The van der Waals surface area contributed by atoms with Crippen LogP contribution in [0.5, 0.6) is 5.75 Å². The molecule has 10 heteroatoms. The van der Waals surface area contributed by atoms with E-state index in [4.69, 9.17) is 16.3 Å². The largest absolute Gasteiger partial charge is 0.497 e. The van der Waals surface area contributed by atoms with E-state index in [1.54, 1.807) is 24.3 Å². The number of amides is 3. The molecule has 2 aromatic carbocycles. The van der Waals surface area contributed by atoms with Crippen LogP contribution in [-0.2, 0) is 9.59 Å². The zero-order chi connectivity index (χ0) is 22.7. The first-order valence-electron chi connectivity index (χ1n) is 9.15. The quantitative estimate of drug-likeness (QED) is 0.281. The van der Waals surface area contributed by atoms with Crippen LogP contribution in [0.25, 0.3) is 0 Å². The lowest BCUT2D eigenvalue weighted by Crippen LogP contribution is -2.45. The molecule has 2 aromatic rings. The van der Waals surface area contributed by atoms with Gasteiger partial charge >= 0.3 is 0 Å². The summed E-state index contributed by atoms with van der Waals surface area (Å²) in [4.78, 5) is 51.4. The first kappa shape index (κ1) is 22.0. The van der Waals surface area contributed by atoms with E-state index in [0.29, 0.717) is 11.4 Å². The molecular formula is C21H18ClN3O6. The number of anilines is 1. The van der Waals surface area contributed by atoms with Crippen LogP contribution in [0.15, 0.2) is 55.1 Å². The third-order valence-electron chi connectivity index (χ3n) is 4.81. The van der Waals surface area contributed by atoms with Crippen molar-refractivity contribution in [3.8, 4) is 5.75 Å². The predicted molar refractivity (Wildman–Crippen MR) is 113 cm³/mol. The highest BCUT2D eigenvalue weighted by Crippen LogP contribution is 2.30. The summed E-state index contributed by atoms with van der Waals surface area (Å²) in [5.74, 6) is -1.13. The first-order valence-corrected chi connectivity index (χ1v) is 9.53. The number of imide groups is 1. The zero-order valence-electron chi connectivity index (χ0n) is 16.5. The molecule has 1 unspecified atom stereocenters. The van der Waals surface area contributed by atoms with Crippen LogP contribution < -0.4 is 9.64 Å². The average Bonchev–Trinajstić information content (AvgIpc) is 3.05. The Morgan fingerprint density at radius 1 is 1.32 bits per heavy atom. The molecule has 31 heavy (non-hydrogen) atoms. The predicted octanol–water partition coefficient (Wildman–Crippen LogP) is 3.22. The van der Waals surface area contributed by atoms with Crippen LogP contribution in [0, 0.1) is 10.1 Å². The molecule has 0 aliphatic carbocycles. The lowest BCUT2D eigenvalue weighted by molar-refractivity contribution is -0.384. The summed E-state index contributed by atoms with van der Waals surface area (Å²) in [6.45, 7) is 3.57. The van der Waals surface area contributed by atoms with Crippen LogP contribution in [0.3, 0.4) is 0 Å². The van der Waals surface area contributed by atoms with Gasteiger partial charge in [-0.05, 0) is 36.4 Å². The van der Waals surface area contributed by atoms with E-state index in [0.717, 1.165) is 11.0 Å². The molecule has 0 saturated carbocycles. The van der Waals surface area contributed by atoms with E-state index in [9.17, 15) is 24.5 Å². The van der Waals surface area contributed by atoms with Gasteiger partial charge in [0.25, 0.3) is 17.5 Å². The molecule has 160 valence electrons. The van der Waals surface area contributed by atoms with Crippen LogP contribution in [-0.4, -0.2) is 47.2 Å². The number of nitro groups is 1. The fourth-order valence-corrected chi connectivity index (χ4v) is 3.49. The number of carbonyl (C=O) groups excluding carboxylic acids is 3. The number of nitrogens with zero attached hydrogens (tertiary/aromatic N) is 3. The van der Waals surface area contributed by atoms with Crippen LogP contribution >= 0.6 is 11.6 Å². The molecule has 1 aliphatic rings. The maximum Gasteiger partial charge on any atom is 0.288 e. The maximum atomic E-state index is 13.1. The van der Waals surface area contributed by atoms with Gasteiger partial charge in [0.2, 0.25) is 5.91 Å². The summed E-state index contributed by atoms with van der Waals surface area (Å²) < 4.78 is 5.08. The second-order valence-electron chi connectivity index (χ2n) is 6.65. The molecule has 3 rings (SSSR count). The van der Waals surface area contributed by atoms with Gasteiger partial charge in [0.15, 0.2) is 0 Å². The monoisotopic (exact) mass is 443 g/mol. The van der Waals surface area contributed by atoms with E-state index in [1.165, 1.54) is 30.2 Å². The molecule has 1 saturated heterocycles. The minimum atomic E-state index is -1.07. The minimum Gasteiger partial charge on any atom is -0.497 e. The van der Waals surface area contributed by atoms with Crippen LogP contribution in [0.2, 0.25) is 5.02 Å². The van der Waals surface area contributed by atoms with Crippen molar-refractivity contribution in [3.05, 3.63) is 75.8 Å². The van der Waals surface area contributed by atoms with E-state index < -0.39 is 34.4 Å². The fourth-order valence-electron chi connectivity index (χ4n) is 3.30. The second kappa shape index (κ2) is 8.97. The third-order valence-corrected chi connectivity index (χ3v) is 5.13. The highest BCUT2D eigenvalue weighted by atomic mass is 35.5. The Morgan fingerprint density at radius 3 is 2.58 bits per heavy atom. The summed E-state index contributed by atoms with van der Waals surface area (Å²) in [6, 6.07) is 8.91. The van der Waals surface area contributed by atoms with Gasteiger partial charge < -0.3 is 9.64 Å².